The first-order valence-electron chi connectivity index (χ1n) is 9.24. The topological polar surface area (TPSA) is 57.7 Å². The molecule has 2 aliphatic heterocycles. The molecule has 0 saturated carbocycles. The lowest BCUT2D eigenvalue weighted by atomic mass is 9.95. The zero-order valence-corrected chi connectivity index (χ0v) is 15.5. The van der Waals surface area contributed by atoms with Crippen molar-refractivity contribution in [1.82, 2.24) is 9.21 Å². The minimum absolute atomic E-state index is 0.0148. The van der Waals surface area contributed by atoms with Crippen molar-refractivity contribution in [3.63, 3.8) is 0 Å². The predicted molar refractivity (Wildman–Crippen MR) is 92.6 cm³/mol. The number of nitrogens with zero attached hydrogens (tertiary/aromatic N) is 2. The Kier molecular flexibility index (Phi) is 6.89. The lowest BCUT2D eigenvalue weighted by Crippen LogP contribution is -2.45. The molecule has 1 amide bonds. The Labute approximate surface area is 141 Å². The number of amides is 1. The summed E-state index contributed by atoms with van der Waals surface area (Å²) in [5, 5.41) is 0. The van der Waals surface area contributed by atoms with Gasteiger partial charge < -0.3 is 4.90 Å². The van der Waals surface area contributed by atoms with Crippen molar-refractivity contribution >= 4 is 15.9 Å². The second kappa shape index (κ2) is 8.47. The third-order valence-corrected chi connectivity index (χ3v) is 7.30. The van der Waals surface area contributed by atoms with E-state index in [0.29, 0.717) is 25.9 Å². The number of hydrogen-bond acceptors (Lipinski definition) is 3. The smallest absolute Gasteiger partial charge is 0.225 e. The van der Waals surface area contributed by atoms with E-state index >= 15 is 0 Å². The molecule has 2 fully saturated rings. The maximum atomic E-state index is 12.8. The highest BCUT2D eigenvalue weighted by atomic mass is 32.2. The van der Waals surface area contributed by atoms with E-state index in [-0.39, 0.29) is 17.6 Å². The van der Waals surface area contributed by atoms with Crippen molar-refractivity contribution in [2.24, 2.45) is 11.8 Å². The van der Waals surface area contributed by atoms with Crippen LogP contribution in [0.15, 0.2) is 0 Å². The van der Waals surface area contributed by atoms with E-state index in [1.807, 2.05) is 4.90 Å². The highest BCUT2D eigenvalue weighted by Gasteiger charge is 2.32. The fourth-order valence-corrected chi connectivity index (χ4v) is 5.04. The molecule has 134 valence electrons. The minimum atomic E-state index is -3.11. The van der Waals surface area contributed by atoms with Crippen LogP contribution < -0.4 is 0 Å². The van der Waals surface area contributed by atoms with Crippen LogP contribution in [0.2, 0.25) is 0 Å². The van der Waals surface area contributed by atoms with Crippen LogP contribution in [0.1, 0.15) is 58.8 Å². The molecule has 2 rings (SSSR count). The molecule has 1 unspecified atom stereocenters. The molecule has 0 N–H and O–H groups in total. The van der Waals surface area contributed by atoms with E-state index in [1.165, 1.54) is 19.3 Å². The summed E-state index contributed by atoms with van der Waals surface area (Å²) in [4.78, 5) is 14.8. The number of piperidine rings is 1. The van der Waals surface area contributed by atoms with E-state index < -0.39 is 10.0 Å². The molecule has 2 heterocycles. The highest BCUT2D eigenvalue weighted by Crippen LogP contribution is 2.26. The van der Waals surface area contributed by atoms with E-state index in [1.54, 1.807) is 11.2 Å². The van der Waals surface area contributed by atoms with Crippen molar-refractivity contribution in [2.75, 3.05) is 31.9 Å². The highest BCUT2D eigenvalue weighted by molar-refractivity contribution is 7.89. The van der Waals surface area contributed by atoms with Crippen LogP contribution in [0.5, 0.6) is 0 Å². The summed E-state index contributed by atoms with van der Waals surface area (Å²) in [5.74, 6) is 1.20. The summed E-state index contributed by atoms with van der Waals surface area (Å²) in [6.45, 7) is 6.67. The summed E-state index contributed by atoms with van der Waals surface area (Å²) >= 11 is 0. The average Bonchev–Trinajstić information content (AvgIpc) is 2.80. The number of likely N-dealkylation sites (tertiary alicyclic amines) is 1. The van der Waals surface area contributed by atoms with Gasteiger partial charge in [-0.05, 0) is 44.9 Å². The Balaban J connectivity index is 1.85. The molecule has 1 atom stereocenters. The second-order valence-corrected chi connectivity index (χ2v) is 9.24. The van der Waals surface area contributed by atoms with E-state index in [0.717, 1.165) is 31.8 Å². The largest absolute Gasteiger partial charge is 0.342 e. The summed E-state index contributed by atoms with van der Waals surface area (Å²) in [6.07, 6.45) is 7.32. The van der Waals surface area contributed by atoms with Crippen LogP contribution in [0.25, 0.3) is 0 Å². The van der Waals surface area contributed by atoms with Gasteiger partial charge in [-0.15, -0.1) is 0 Å². The zero-order chi connectivity index (χ0) is 16.9. The molecule has 0 aromatic rings. The first kappa shape index (κ1) is 18.7. The summed E-state index contributed by atoms with van der Waals surface area (Å²) in [5.41, 5.74) is 0. The average molecular weight is 345 g/mol. The van der Waals surface area contributed by atoms with Gasteiger partial charge >= 0.3 is 0 Å². The molecular weight excluding hydrogens is 312 g/mol. The third kappa shape index (κ3) is 4.92. The first-order chi connectivity index (χ1) is 11.0. The Bertz CT molecular complexity index is 484. The SMILES string of the molecule is CCCC1CCCN(C(=O)C2CCN(S(=O)(=O)CC)CC2)CC1. The van der Waals surface area contributed by atoms with Gasteiger partial charge in [0.05, 0.1) is 5.75 Å². The van der Waals surface area contributed by atoms with Gasteiger partial charge in [0.2, 0.25) is 15.9 Å². The molecule has 0 aromatic carbocycles. The maximum Gasteiger partial charge on any atom is 0.225 e. The normalized spacial score (nSPS) is 25.3. The van der Waals surface area contributed by atoms with Gasteiger partial charge in [-0.3, -0.25) is 4.79 Å². The maximum absolute atomic E-state index is 12.8. The number of sulfonamides is 1. The number of rotatable bonds is 5. The molecule has 5 nitrogen and oxygen atoms in total. The van der Waals surface area contributed by atoms with Gasteiger partial charge in [0, 0.05) is 32.1 Å². The van der Waals surface area contributed by atoms with Crippen LogP contribution in [0, 0.1) is 11.8 Å². The van der Waals surface area contributed by atoms with Gasteiger partial charge in [0.1, 0.15) is 0 Å². The fraction of sp³-hybridized carbons (Fsp3) is 0.941. The molecule has 2 saturated heterocycles. The van der Waals surface area contributed by atoms with Crippen LogP contribution in [-0.2, 0) is 14.8 Å². The van der Waals surface area contributed by atoms with Crippen LogP contribution in [0.3, 0.4) is 0 Å². The van der Waals surface area contributed by atoms with E-state index in [2.05, 4.69) is 6.92 Å². The zero-order valence-electron chi connectivity index (χ0n) is 14.7. The second-order valence-electron chi connectivity index (χ2n) is 6.98. The Morgan fingerprint density at radius 2 is 1.70 bits per heavy atom. The Hall–Kier alpha value is -0.620. The van der Waals surface area contributed by atoms with Crippen molar-refractivity contribution in [1.29, 1.82) is 0 Å². The molecular formula is C17H32N2O3S. The lowest BCUT2D eigenvalue weighted by molar-refractivity contribution is -0.136. The molecule has 0 aromatic heterocycles. The van der Waals surface area contributed by atoms with Crippen LogP contribution in [-0.4, -0.2) is 55.5 Å². The number of carbonyl (C=O) groups excluding carboxylic acids is 1. The number of carbonyl (C=O) groups is 1. The van der Waals surface area contributed by atoms with Gasteiger partial charge in [0.15, 0.2) is 0 Å². The Morgan fingerprint density at radius 3 is 2.30 bits per heavy atom. The standard InChI is InChI=1S/C17H32N2O3S/c1-3-6-15-7-5-11-18(12-8-15)17(20)16-9-13-19(14-10-16)23(21,22)4-2/h15-16H,3-14H2,1-2H3. The van der Waals surface area contributed by atoms with Crippen molar-refractivity contribution in [3.05, 3.63) is 0 Å². The van der Waals surface area contributed by atoms with Crippen molar-refractivity contribution in [2.45, 2.75) is 58.8 Å². The molecule has 0 bridgehead atoms. The molecule has 0 radical (unpaired) electrons. The Morgan fingerprint density at radius 1 is 1.00 bits per heavy atom. The summed E-state index contributed by atoms with van der Waals surface area (Å²) in [7, 11) is -3.11. The van der Waals surface area contributed by atoms with Crippen LogP contribution in [0.4, 0.5) is 0 Å². The fourth-order valence-electron chi connectivity index (χ4n) is 3.90. The minimum Gasteiger partial charge on any atom is -0.342 e. The van der Waals surface area contributed by atoms with Gasteiger partial charge in [-0.2, -0.15) is 0 Å². The van der Waals surface area contributed by atoms with Gasteiger partial charge in [-0.25, -0.2) is 12.7 Å². The van der Waals surface area contributed by atoms with E-state index in [9.17, 15) is 13.2 Å². The predicted octanol–water partition coefficient (Wildman–Crippen LogP) is 2.48. The molecule has 23 heavy (non-hydrogen) atoms. The summed E-state index contributed by atoms with van der Waals surface area (Å²) < 4.78 is 25.4. The van der Waals surface area contributed by atoms with E-state index in [4.69, 9.17) is 0 Å². The molecule has 0 spiro atoms. The van der Waals surface area contributed by atoms with Gasteiger partial charge in [0.25, 0.3) is 0 Å². The van der Waals surface area contributed by atoms with Crippen molar-refractivity contribution in [3.8, 4) is 0 Å². The lowest BCUT2D eigenvalue weighted by Gasteiger charge is -2.33. The quantitative estimate of drug-likeness (QED) is 0.770. The first-order valence-corrected chi connectivity index (χ1v) is 10.9. The molecule has 2 aliphatic rings. The van der Waals surface area contributed by atoms with Crippen molar-refractivity contribution < 1.29 is 13.2 Å². The van der Waals surface area contributed by atoms with Crippen LogP contribution >= 0.6 is 0 Å². The number of hydrogen-bond donors (Lipinski definition) is 0. The van der Waals surface area contributed by atoms with Gasteiger partial charge in [-0.1, -0.05) is 19.8 Å². The molecule has 0 aliphatic carbocycles. The summed E-state index contributed by atoms with van der Waals surface area (Å²) in [6, 6.07) is 0. The molecule has 6 heteroatoms. The monoisotopic (exact) mass is 344 g/mol. The third-order valence-electron chi connectivity index (χ3n) is 5.42.